The first kappa shape index (κ1) is 8.84. The number of carbonyl (C=O) groups excluding carboxylic acids is 1. The number of nitrogens with zero attached hydrogens (tertiary/aromatic N) is 1. The number of aromatic nitrogens is 1. The Kier molecular flexibility index (Phi) is 2.71. The first-order valence-corrected chi connectivity index (χ1v) is 5.33. The number of nitrogens with one attached hydrogen (secondary N) is 1. The molecule has 1 unspecified atom stereocenters. The minimum Gasteiger partial charge on any atom is -0.314 e. The second kappa shape index (κ2) is 3.98. The van der Waals surface area contributed by atoms with E-state index in [2.05, 4.69) is 10.3 Å². The fraction of sp³-hybridized carbons (Fsp3) is 0.556. The monoisotopic (exact) mass is 196 g/mol. The van der Waals surface area contributed by atoms with Crippen molar-refractivity contribution in [3.8, 4) is 0 Å². The van der Waals surface area contributed by atoms with Crippen molar-refractivity contribution in [3.63, 3.8) is 0 Å². The van der Waals surface area contributed by atoms with E-state index in [1.165, 1.54) is 24.2 Å². The van der Waals surface area contributed by atoms with Crippen molar-refractivity contribution in [2.24, 2.45) is 0 Å². The number of aldehydes is 1. The Labute approximate surface area is 81.2 Å². The van der Waals surface area contributed by atoms with Crippen molar-refractivity contribution in [1.29, 1.82) is 0 Å². The summed E-state index contributed by atoms with van der Waals surface area (Å²) in [4.78, 5) is 15.3. The van der Waals surface area contributed by atoms with Gasteiger partial charge in [-0.1, -0.05) is 0 Å². The minimum absolute atomic E-state index is 0.575. The topological polar surface area (TPSA) is 42.0 Å². The van der Waals surface area contributed by atoms with Gasteiger partial charge in [0, 0.05) is 18.7 Å². The summed E-state index contributed by atoms with van der Waals surface area (Å²) < 4.78 is 0. The Hall–Kier alpha value is -0.740. The lowest BCUT2D eigenvalue weighted by Gasteiger charge is -2.05. The van der Waals surface area contributed by atoms with Crippen molar-refractivity contribution in [1.82, 2.24) is 10.3 Å². The average molecular weight is 196 g/mol. The average Bonchev–Trinajstić information content (AvgIpc) is 2.76. The molecule has 2 rings (SSSR count). The van der Waals surface area contributed by atoms with Gasteiger partial charge < -0.3 is 5.32 Å². The van der Waals surface area contributed by atoms with Gasteiger partial charge >= 0.3 is 0 Å². The van der Waals surface area contributed by atoms with E-state index in [1.54, 1.807) is 6.20 Å². The van der Waals surface area contributed by atoms with Crippen LogP contribution in [0.2, 0.25) is 0 Å². The van der Waals surface area contributed by atoms with Crippen LogP contribution in [0.4, 0.5) is 0 Å². The van der Waals surface area contributed by atoms with Crippen molar-refractivity contribution in [2.45, 2.75) is 25.3 Å². The van der Waals surface area contributed by atoms with E-state index in [9.17, 15) is 4.79 Å². The molecule has 13 heavy (non-hydrogen) atoms. The third-order valence-corrected chi connectivity index (χ3v) is 3.22. The lowest BCUT2D eigenvalue weighted by molar-refractivity contribution is 0.112. The summed E-state index contributed by atoms with van der Waals surface area (Å²) in [5.74, 6) is 0. The lowest BCUT2D eigenvalue weighted by Crippen LogP contribution is -2.23. The van der Waals surface area contributed by atoms with Crippen LogP contribution in [0.1, 0.15) is 27.5 Å². The molecule has 1 aromatic heterocycles. The molecule has 0 aromatic carbocycles. The highest BCUT2D eigenvalue weighted by Gasteiger charge is 2.15. The predicted octanol–water partition coefficient (Wildman–Crippen LogP) is 1.25. The molecular weight excluding hydrogens is 184 g/mol. The van der Waals surface area contributed by atoms with Gasteiger partial charge in [0.2, 0.25) is 0 Å². The number of thiazole rings is 1. The van der Waals surface area contributed by atoms with E-state index < -0.39 is 0 Å². The molecule has 70 valence electrons. The van der Waals surface area contributed by atoms with E-state index in [1.807, 2.05) is 0 Å². The quantitative estimate of drug-likeness (QED) is 0.740. The van der Waals surface area contributed by atoms with Gasteiger partial charge in [-0.3, -0.25) is 4.79 Å². The van der Waals surface area contributed by atoms with Gasteiger partial charge in [-0.25, -0.2) is 4.98 Å². The molecule has 1 fully saturated rings. The third-order valence-electron chi connectivity index (χ3n) is 2.27. The number of carbonyl (C=O) groups is 1. The summed E-state index contributed by atoms with van der Waals surface area (Å²) >= 11 is 1.50. The van der Waals surface area contributed by atoms with E-state index in [0.29, 0.717) is 6.04 Å². The standard InChI is InChI=1S/C9H12N2OS/c12-6-8-5-11-9(13-8)4-7-2-1-3-10-7/h5-7,10H,1-4H2. The molecule has 1 aromatic rings. The van der Waals surface area contributed by atoms with Gasteiger partial charge in [0.25, 0.3) is 0 Å². The molecule has 1 aliphatic heterocycles. The predicted molar refractivity (Wildman–Crippen MR) is 52.2 cm³/mol. The van der Waals surface area contributed by atoms with Gasteiger partial charge in [-0.15, -0.1) is 11.3 Å². The summed E-state index contributed by atoms with van der Waals surface area (Å²) in [7, 11) is 0. The molecule has 0 spiro atoms. The minimum atomic E-state index is 0.575. The SMILES string of the molecule is O=Cc1cnc(CC2CCCN2)s1. The fourth-order valence-electron chi connectivity index (χ4n) is 1.61. The highest BCUT2D eigenvalue weighted by molar-refractivity contribution is 7.13. The normalized spacial score (nSPS) is 22.0. The Morgan fingerprint density at radius 3 is 3.31 bits per heavy atom. The van der Waals surface area contributed by atoms with Gasteiger partial charge in [-0.05, 0) is 19.4 Å². The highest BCUT2D eigenvalue weighted by atomic mass is 32.1. The second-order valence-corrected chi connectivity index (χ2v) is 4.42. The van der Waals surface area contributed by atoms with Crippen LogP contribution >= 0.6 is 11.3 Å². The molecule has 1 atom stereocenters. The van der Waals surface area contributed by atoms with Crippen molar-refractivity contribution < 1.29 is 4.79 Å². The number of hydrogen-bond donors (Lipinski definition) is 1. The van der Waals surface area contributed by atoms with Crippen molar-refractivity contribution >= 4 is 17.6 Å². The van der Waals surface area contributed by atoms with Crippen LogP contribution in [-0.2, 0) is 6.42 Å². The highest BCUT2D eigenvalue weighted by Crippen LogP contribution is 2.16. The van der Waals surface area contributed by atoms with Crippen LogP contribution in [0.5, 0.6) is 0 Å². The van der Waals surface area contributed by atoms with Gasteiger partial charge in [-0.2, -0.15) is 0 Å². The van der Waals surface area contributed by atoms with Crippen molar-refractivity contribution in [3.05, 3.63) is 16.1 Å². The molecule has 2 heterocycles. The molecule has 4 heteroatoms. The fourth-order valence-corrected chi connectivity index (χ4v) is 2.43. The largest absolute Gasteiger partial charge is 0.314 e. The molecule has 0 aliphatic carbocycles. The lowest BCUT2D eigenvalue weighted by atomic mass is 10.2. The maximum absolute atomic E-state index is 10.4. The maximum Gasteiger partial charge on any atom is 0.161 e. The maximum atomic E-state index is 10.4. The molecule has 0 saturated carbocycles. The van der Waals surface area contributed by atoms with Crippen LogP contribution in [0.15, 0.2) is 6.20 Å². The molecule has 0 bridgehead atoms. The van der Waals surface area contributed by atoms with Crippen LogP contribution in [-0.4, -0.2) is 23.9 Å². The number of rotatable bonds is 3. The van der Waals surface area contributed by atoms with Crippen LogP contribution in [0, 0.1) is 0 Å². The first-order chi connectivity index (χ1) is 6.38. The molecule has 0 amide bonds. The van der Waals surface area contributed by atoms with Crippen LogP contribution in [0.3, 0.4) is 0 Å². The van der Waals surface area contributed by atoms with E-state index in [-0.39, 0.29) is 0 Å². The van der Waals surface area contributed by atoms with Gasteiger partial charge in [0.15, 0.2) is 6.29 Å². The third kappa shape index (κ3) is 2.14. The molecule has 3 nitrogen and oxygen atoms in total. The number of hydrogen-bond acceptors (Lipinski definition) is 4. The Balaban J connectivity index is 1.96. The molecule has 1 aliphatic rings. The Bertz CT molecular complexity index is 292. The molecule has 1 saturated heterocycles. The summed E-state index contributed by atoms with van der Waals surface area (Å²) in [6, 6.07) is 0.575. The van der Waals surface area contributed by atoms with Gasteiger partial charge in [0.1, 0.15) is 0 Å². The zero-order valence-electron chi connectivity index (χ0n) is 7.32. The first-order valence-electron chi connectivity index (χ1n) is 4.52. The van der Waals surface area contributed by atoms with E-state index >= 15 is 0 Å². The Morgan fingerprint density at radius 1 is 1.77 bits per heavy atom. The Morgan fingerprint density at radius 2 is 2.69 bits per heavy atom. The second-order valence-electron chi connectivity index (χ2n) is 3.27. The summed E-state index contributed by atoms with van der Waals surface area (Å²) in [6.45, 7) is 1.12. The molecule has 1 N–H and O–H groups in total. The summed E-state index contributed by atoms with van der Waals surface area (Å²) in [6.07, 6.45) is 5.98. The zero-order chi connectivity index (χ0) is 9.10. The molecular formula is C9H12N2OS. The summed E-state index contributed by atoms with van der Waals surface area (Å²) in [5, 5.41) is 4.48. The van der Waals surface area contributed by atoms with E-state index in [4.69, 9.17) is 0 Å². The van der Waals surface area contributed by atoms with E-state index in [0.717, 1.165) is 29.1 Å². The zero-order valence-corrected chi connectivity index (χ0v) is 8.14. The van der Waals surface area contributed by atoms with Crippen LogP contribution < -0.4 is 5.32 Å². The summed E-state index contributed by atoms with van der Waals surface area (Å²) in [5.41, 5.74) is 0. The van der Waals surface area contributed by atoms with Gasteiger partial charge in [0.05, 0.1) is 9.88 Å². The smallest absolute Gasteiger partial charge is 0.161 e. The van der Waals surface area contributed by atoms with Crippen molar-refractivity contribution in [2.75, 3.05) is 6.54 Å². The molecule has 0 radical (unpaired) electrons. The van der Waals surface area contributed by atoms with Crippen LogP contribution in [0.25, 0.3) is 0 Å².